The molecule has 0 radical (unpaired) electrons. The Labute approximate surface area is 179 Å². The van der Waals surface area contributed by atoms with Gasteiger partial charge in [-0.3, -0.25) is 0 Å². The van der Waals surface area contributed by atoms with Crippen LogP contribution >= 0.6 is 0 Å². The van der Waals surface area contributed by atoms with Gasteiger partial charge in [0, 0.05) is 17.4 Å². The maximum absolute atomic E-state index is 12.8. The summed E-state index contributed by atoms with van der Waals surface area (Å²) in [5.74, 6) is 1.64. The maximum atomic E-state index is 12.8. The predicted molar refractivity (Wildman–Crippen MR) is 122 cm³/mol. The van der Waals surface area contributed by atoms with E-state index in [1.54, 1.807) is 18.2 Å². The molecular weight excluding hydrogens is 394 g/mol. The number of benzene rings is 2. The Balaban J connectivity index is 1.64. The fourth-order valence-electron chi connectivity index (χ4n) is 4.37. The van der Waals surface area contributed by atoms with Crippen LogP contribution in [0.15, 0.2) is 51.8 Å². The second kappa shape index (κ2) is 7.77. The Morgan fingerprint density at radius 2 is 1.83 bits per heavy atom. The van der Waals surface area contributed by atoms with Crippen molar-refractivity contribution in [2.45, 2.75) is 64.7 Å². The van der Waals surface area contributed by atoms with Crippen LogP contribution in [-0.2, 0) is 29.3 Å². The molecule has 1 atom stereocenters. The number of rotatable bonds is 6. The second-order valence-corrected chi connectivity index (χ2v) is 10.6. The van der Waals surface area contributed by atoms with E-state index in [0.717, 1.165) is 54.4 Å². The van der Waals surface area contributed by atoms with Gasteiger partial charge in [0.1, 0.15) is 21.4 Å². The minimum absolute atomic E-state index is 0.221. The van der Waals surface area contributed by atoms with Gasteiger partial charge in [-0.05, 0) is 54.4 Å². The molecule has 1 heterocycles. The number of hydrogen-bond acceptors (Lipinski definition) is 3. The highest BCUT2D eigenvalue weighted by Crippen LogP contribution is 2.44. The molecule has 4 rings (SSSR count). The first-order valence-electron chi connectivity index (χ1n) is 10.8. The molecule has 2 aromatic carbocycles. The zero-order valence-corrected chi connectivity index (χ0v) is 19.1. The quantitative estimate of drug-likeness (QED) is 0.431. The molecule has 30 heavy (non-hydrogen) atoms. The molecular formula is C25H30NO3S-. The first-order chi connectivity index (χ1) is 14.2. The molecule has 0 fully saturated rings. The summed E-state index contributed by atoms with van der Waals surface area (Å²) in [6.07, 6.45) is 5.05. The minimum atomic E-state index is -3.75. The maximum Gasteiger partial charge on any atom is 0.134 e. The third-order valence-electron chi connectivity index (χ3n) is 6.90. The molecule has 0 N–H and O–H groups in total. The molecule has 0 bridgehead atoms. The Morgan fingerprint density at radius 3 is 2.50 bits per heavy atom. The fraction of sp³-hybridized carbons (Fsp3) is 0.440. The highest BCUT2D eigenvalue weighted by molar-refractivity contribution is 7.94. The van der Waals surface area contributed by atoms with Gasteiger partial charge in [-0.25, -0.2) is 8.42 Å². The molecule has 0 aliphatic heterocycles. The Kier molecular flexibility index (Phi) is 5.43. The van der Waals surface area contributed by atoms with E-state index in [9.17, 15) is 8.42 Å². The van der Waals surface area contributed by atoms with Crippen molar-refractivity contribution in [3.8, 4) is 0 Å². The lowest BCUT2D eigenvalue weighted by atomic mass is 9.69. The van der Waals surface area contributed by atoms with E-state index in [1.807, 2.05) is 31.2 Å². The van der Waals surface area contributed by atoms with E-state index < -0.39 is 10.0 Å². The van der Waals surface area contributed by atoms with Gasteiger partial charge >= 0.3 is 0 Å². The van der Waals surface area contributed by atoms with Crippen molar-refractivity contribution in [2.75, 3.05) is 0 Å². The molecule has 5 heteroatoms. The lowest BCUT2D eigenvalue weighted by Crippen LogP contribution is -2.28. The van der Waals surface area contributed by atoms with Gasteiger partial charge in [0.05, 0.1) is 4.90 Å². The lowest BCUT2D eigenvalue weighted by molar-refractivity contribution is 0.179. The molecule has 1 aliphatic carbocycles. The van der Waals surface area contributed by atoms with Crippen molar-refractivity contribution in [3.63, 3.8) is 0 Å². The predicted octanol–water partition coefficient (Wildman–Crippen LogP) is 6.93. The summed E-state index contributed by atoms with van der Waals surface area (Å²) >= 11 is 0. The van der Waals surface area contributed by atoms with E-state index in [1.165, 1.54) is 5.56 Å². The van der Waals surface area contributed by atoms with Crippen molar-refractivity contribution < 1.29 is 12.8 Å². The molecule has 0 saturated carbocycles. The number of sulfonamides is 1. The third kappa shape index (κ3) is 3.87. The SMILES string of the molecule is CCc1ccc(S(=O)(=O)[N-]c2ccc3oc4c(c3c2)CC(C(C)(C)CC)CC4)cc1. The van der Waals surface area contributed by atoms with Crippen molar-refractivity contribution in [1.82, 2.24) is 0 Å². The van der Waals surface area contributed by atoms with Crippen molar-refractivity contribution in [2.24, 2.45) is 11.3 Å². The van der Waals surface area contributed by atoms with Gasteiger partial charge in [0.25, 0.3) is 0 Å². The van der Waals surface area contributed by atoms with Crippen LogP contribution in [0.1, 0.15) is 57.4 Å². The zero-order chi connectivity index (χ0) is 21.5. The van der Waals surface area contributed by atoms with Crippen LogP contribution in [0.5, 0.6) is 0 Å². The van der Waals surface area contributed by atoms with Gasteiger partial charge in [-0.1, -0.05) is 58.4 Å². The van der Waals surface area contributed by atoms with Crippen LogP contribution in [-0.4, -0.2) is 8.42 Å². The summed E-state index contributed by atoms with van der Waals surface area (Å²) in [7, 11) is -3.75. The second-order valence-electron chi connectivity index (χ2n) is 9.03. The van der Waals surface area contributed by atoms with Crippen LogP contribution in [0.2, 0.25) is 0 Å². The average molecular weight is 425 g/mol. The summed E-state index contributed by atoms with van der Waals surface area (Å²) in [6, 6.07) is 12.4. The van der Waals surface area contributed by atoms with Crippen LogP contribution < -0.4 is 0 Å². The Morgan fingerprint density at radius 1 is 1.10 bits per heavy atom. The minimum Gasteiger partial charge on any atom is -0.573 e. The van der Waals surface area contributed by atoms with Gasteiger partial charge in [-0.2, -0.15) is 0 Å². The topological polar surface area (TPSA) is 61.4 Å². The molecule has 1 aromatic heterocycles. The van der Waals surface area contributed by atoms with Gasteiger partial charge in [0.2, 0.25) is 0 Å². The molecule has 1 unspecified atom stereocenters. The van der Waals surface area contributed by atoms with Crippen LogP contribution in [0.25, 0.3) is 15.7 Å². The number of furan rings is 1. The molecule has 0 spiro atoms. The van der Waals surface area contributed by atoms with E-state index in [0.29, 0.717) is 11.6 Å². The standard InChI is InChI=1S/C25H30NO3S/c1-5-17-7-11-20(12-8-17)30(27,28)26-19-10-14-24-22(16-19)21-15-18(25(3,4)6-2)9-13-23(21)29-24/h7-8,10-12,14,16,18H,5-6,9,13,15H2,1-4H3/q-1. The number of fused-ring (bicyclic) bond motifs is 3. The first kappa shape index (κ1) is 21.0. The zero-order valence-electron chi connectivity index (χ0n) is 18.2. The van der Waals surface area contributed by atoms with Gasteiger partial charge < -0.3 is 9.14 Å². The smallest absolute Gasteiger partial charge is 0.134 e. The number of nitrogens with zero attached hydrogens (tertiary/aromatic N) is 1. The highest BCUT2D eigenvalue weighted by Gasteiger charge is 2.33. The third-order valence-corrected chi connectivity index (χ3v) is 8.22. The number of aryl methyl sites for hydroxylation is 2. The summed E-state index contributed by atoms with van der Waals surface area (Å²) in [5, 5.41) is 0.999. The molecule has 1 aliphatic rings. The molecule has 160 valence electrons. The van der Waals surface area contributed by atoms with Crippen molar-refractivity contribution in [3.05, 3.63) is 64.1 Å². The van der Waals surface area contributed by atoms with E-state index in [4.69, 9.17) is 4.42 Å². The molecule has 0 amide bonds. The van der Waals surface area contributed by atoms with Crippen molar-refractivity contribution >= 4 is 26.7 Å². The van der Waals surface area contributed by atoms with Gasteiger partial charge in [0.15, 0.2) is 0 Å². The summed E-state index contributed by atoms with van der Waals surface area (Å²) in [5.41, 5.74) is 3.87. The molecule has 4 nitrogen and oxygen atoms in total. The number of hydrogen-bond donors (Lipinski definition) is 0. The van der Waals surface area contributed by atoms with E-state index in [2.05, 4.69) is 25.5 Å². The van der Waals surface area contributed by atoms with Crippen LogP contribution in [0, 0.1) is 11.3 Å². The van der Waals surface area contributed by atoms with Crippen LogP contribution in [0.4, 0.5) is 5.69 Å². The van der Waals surface area contributed by atoms with E-state index in [-0.39, 0.29) is 10.3 Å². The molecule has 3 aromatic rings. The summed E-state index contributed by atoms with van der Waals surface area (Å²) in [6.45, 7) is 8.96. The molecule has 0 saturated heterocycles. The first-order valence-corrected chi connectivity index (χ1v) is 12.3. The Hall–Kier alpha value is -2.27. The normalized spacial score (nSPS) is 17.1. The largest absolute Gasteiger partial charge is 0.573 e. The fourth-order valence-corrected chi connectivity index (χ4v) is 5.34. The van der Waals surface area contributed by atoms with Crippen LogP contribution in [0.3, 0.4) is 0 Å². The highest BCUT2D eigenvalue weighted by atomic mass is 32.2. The van der Waals surface area contributed by atoms with Gasteiger partial charge in [-0.15, -0.1) is 5.69 Å². The Bertz CT molecular complexity index is 1160. The van der Waals surface area contributed by atoms with Crippen molar-refractivity contribution in [1.29, 1.82) is 0 Å². The van der Waals surface area contributed by atoms with E-state index >= 15 is 0 Å². The summed E-state index contributed by atoms with van der Waals surface area (Å²) < 4.78 is 35.8. The lowest BCUT2D eigenvalue weighted by Gasteiger charge is -2.36. The monoisotopic (exact) mass is 424 g/mol. The summed E-state index contributed by atoms with van der Waals surface area (Å²) in [4.78, 5) is 0.221. The average Bonchev–Trinajstić information content (AvgIpc) is 3.10.